The second kappa shape index (κ2) is 7.49. The van der Waals surface area contributed by atoms with Gasteiger partial charge in [0.2, 0.25) is 0 Å². The fraction of sp³-hybridized carbons (Fsp3) is 0.385. The van der Waals surface area contributed by atoms with E-state index in [0.29, 0.717) is 16.6 Å². The van der Waals surface area contributed by atoms with Gasteiger partial charge in [0.05, 0.1) is 21.1 Å². The maximum atomic E-state index is 13.3. The van der Waals surface area contributed by atoms with Crippen LogP contribution < -0.4 is 10.1 Å². The standard InChI is InChI=1S/C26H30N2O2S/c1-14-8-10-19(11-9-14)12-27-25(29)20-13-28-22-21(24(20)31)16(3)15(2)17(4)23(22)30-18(5)26(28,6)7/h8-11,13,18H,12H2,1-7H3,(H,27,29). The summed E-state index contributed by atoms with van der Waals surface area (Å²) in [7, 11) is 0. The number of pyridine rings is 1. The van der Waals surface area contributed by atoms with Gasteiger partial charge in [-0.2, -0.15) is 0 Å². The lowest BCUT2D eigenvalue weighted by Gasteiger charge is -2.42. The van der Waals surface area contributed by atoms with Crippen LogP contribution in [0.3, 0.4) is 0 Å². The van der Waals surface area contributed by atoms with Crippen molar-refractivity contribution in [2.24, 2.45) is 0 Å². The molecule has 0 spiro atoms. The van der Waals surface area contributed by atoms with Crippen molar-refractivity contribution in [2.75, 3.05) is 0 Å². The average Bonchev–Trinajstić information content (AvgIpc) is 2.73. The third kappa shape index (κ3) is 3.35. The molecule has 5 heteroatoms. The molecule has 2 aromatic carbocycles. The Morgan fingerprint density at radius 3 is 2.39 bits per heavy atom. The molecule has 4 rings (SSSR count). The number of rotatable bonds is 3. The SMILES string of the molecule is Cc1ccc(CNC(=O)c2cn3c4c(c(C)c(C)c(C)c4c2=S)OC(C)C3(C)C)cc1. The second-order valence-corrected chi connectivity index (χ2v) is 9.66. The molecular formula is C26H30N2O2S. The van der Waals surface area contributed by atoms with Gasteiger partial charge in [0.1, 0.15) is 11.9 Å². The number of benzene rings is 2. The highest BCUT2D eigenvalue weighted by atomic mass is 32.1. The molecule has 1 N–H and O–H groups in total. The smallest absolute Gasteiger partial charge is 0.254 e. The summed E-state index contributed by atoms with van der Waals surface area (Å²) in [6, 6.07) is 8.17. The molecule has 1 aliphatic rings. The van der Waals surface area contributed by atoms with E-state index in [1.165, 1.54) is 5.56 Å². The maximum Gasteiger partial charge on any atom is 0.254 e. The molecule has 1 aliphatic heterocycles. The number of hydrogen-bond donors (Lipinski definition) is 1. The van der Waals surface area contributed by atoms with Gasteiger partial charge in [0.25, 0.3) is 5.91 Å². The predicted octanol–water partition coefficient (Wildman–Crippen LogP) is 6.05. The summed E-state index contributed by atoms with van der Waals surface area (Å²) in [5.41, 5.74) is 6.86. The number of nitrogens with zero attached hydrogens (tertiary/aromatic N) is 1. The Morgan fingerprint density at radius 2 is 1.74 bits per heavy atom. The van der Waals surface area contributed by atoms with Gasteiger partial charge in [-0.3, -0.25) is 4.79 Å². The normalized spacial score (nSPS) is 16.8. The van der Waals surface area contributed by atoms with E-state index in [-0.39, 0.29) is 17.6 Å². The lowest BCUT2D eigenvalue weighted by molar-refractivity contribution is 0.0828. The van der Waals surface area contributed by atoms with Crippen molar-refractivity contribution < 1.29 is 9.53 Å². The summed E-state index contributed by atoms with van der Waals surface area (Å²) in [5, 5.41) is 4.00. The van der Waals surface area contributed by atoms with Crippen molar-refractivity contribution in [2.45, 2.75) is 66.7 Å². The molecule has 1 unspecified atom stereocenters. The molecule has 0 fully saturated rings. The maximum absolute atomic E-state index is 13.3. The van der Waals surface area contributed by atoms with Crippen molar-refractivity contribution in [3.05, 3.63) is 68.4 Å². The highest BCUT2D eigenvalue weighted by Gasteiger charge is 2.37. The topological polar surface area (TPSA) is 43.3 Å². The molecule has 0 saturated carbocycles. The Kier molecular flexibility index (Phi) is 5.21. The molecule has 162 valence electrons. The molecule has 1 aromatic heterocycles. The molecule has 1 atom stereocenters. The average molecular weight is 435 g/mol. The Bertz CT molecular complexity index is 1270. The summed E-state index contributed by atoms with van der Waals surface area (Å²) >= 11 is 5.87. The van der Waals surface area contributed by atoms with E-state index in [2.05, 4.69) is 70.5 Å². The van der Waals surface area contributed by atoms with Crippen molar-refractivity contribution in [1.29, 1.82) is 0 Å². The van der Waals surface area contributed by atoms with Crippen LogP contribution in [0.25, 0.3) is 10.9 Å². The molecule has 0 radical (unpaired) electrons. The number of amides is 1. The van der Waals surface area contributed by atoms with Gasteiger partial charge in [0, 0.05) is 18.1 Å². The number of nitrogens with one attached hydrogen (secondary N) is 1. The molecule has 31 heavy (non-hydrogen) atoms. The van der Waals surface area contributed by atoms with E-state index in [1.54, 1.807) is 0 Å². The first-order chi connectivity index (χ1) is 14.5. The molecular weight excluding hydrogens is 404 g/mol. The molecule has 0 saturated heterocycles. The minimum atomic E-state index is -0.325. The lowest BCUT2D eigenvalue weighted by Crippen LogP contribution is -2.45. The zero-order valence-corrected chi connectivity index (χ0v) is 20.2. The van der Waals surface area contributed by atoms with Crippen LogP contribution in [0.4, 0.5) is 0 Å². The van der Waals surface area contributed by atoms with Gasteiger partial charge in [-0.25, -0.2) is 0 Å². The highest BCUT2D eigenvalue weighted by Crippen LogP contribution is 2.44. The Labute approximate surface area is 189 Å². The molecule has 3 aromatic rings. The third-order valence-electron chi connectivity index (χ3n) is 6.99. The van der Waals surface area contributed by atoms with Crippen LogP contribution in [-0.4, -0.2) is 16.6 Å². The molecule has 2 heterocycles. The van der Waals surface area contributed by atoms with Gasteiger partial charge < -0.3 is 14.6 Å². The highest BCUT2D eigenvalue weighted by molar-refractivity contribution is 7.71. The van der Waals surface area contributed by atoms with Crippen LogP contribution in [0.15, 0.2) is 30.5 Å². The summed E-state index contributed by atoms with van der Waals surface area (Å²) in [5.74, 6) is 0.730. The van der Waals surface area contributed by atoms with Gasteiger partial charge >= 0.3 is 0 Å². The minimum Gasteiger partial charge on any atom is -0.486 e. The Hall–Kier alpha value is -2.66. The second-order valence-electron chi connectivity index (χ2n) is 9.25. The zero-order valence-electron chi connectivity index (χ0n) is 19.3. The van der Waals surface area contributed by atoms with Crippen LogP contribution >= 0.6 is 12.2 Å². The monoisotopic (exact) mass is 434 g/mol. The van der Waals surface area contributed by atoms with Crippen molar-refractivity contribution >= 4 is 29.0 Å². The van der Waals surface area contributed by atoms with Crippen molar-refractivity contribution in [3.63, 3.8) is 0 Å². The first-order valence-corrected chi connectivity index (χ1v) is 11.1. The fourth-order valence-electron chi connectivity index (χ4n) is 4.26. The quantitative estimate of drug-likeness (QED) is 0.510. The summed E-state index contributed by atoms with van der Waals surface area (Å²) in [6.07, 6.45) is 1.87. The van der Waals surface area contributed by atoms with Gasteiger partial charge in [-0.15, -0.1) is 0 Å². The van der Waals surface area contributed by atoms with Gasteiger partial charge in [0.15, 0.2) is 0 Å². The van der Waals surface area contributed by atoms with Crippen molar-refractivity contribution in [1.82, 2.24) is 9.88 Å². The largest absolute Gasteiger partial charge is 0.486 e. The lowest BCUT2D eigenvalue weighted by atomic mass is 9.90. The molecule has 1 amide bonds. The predicted molar refractivity (Wildman–Crippen MR) is 129 cm³/mol. The number of aromatic nitrogens is 1. The fourth-order valence-corrected chi connectivity index (χ4v) is 4.66. The number of carbonyl (C=O) groups is 1. The van der Waals surface area contributed by atoms with E-state index >= 15 is 0 Å². The van der Waals surface area contributed by atoms with Crippen LogP contribution in [-0.2, 0) is 12.1 Å². The van der Waals surface area contributed by atoms with E-state index in [0.717, 1.165) is 38.9 Å². The number of ether oxygens (including phenoxy) is 1. The molecule has 0 aliphatic carbocycles. The first kappa shape index (κ1) is 21.6. The number of aryl methyl sites for hydroxylation is 2. The molecule has 0 bridgehead atoms. The van der Waals surface area contributed by atoms with Crippen LogP contribution in [0.5, 0.6) is 5.75 Å². The van der Waals surface area contributed by atoms with Gasteiger partial charge in [-0.1, -0.05) is 42.0 Å². The summed E-state index contributed by atoms with van der Waals surface area (Å²) in [6.45, 7) is 15.1. The Morgan fingerprint density at radius 1 is 1.10 bits per heavy atom. The first-order valence-electron chi connectivity index (χ1n) is 10.7. The van der Waals surface area contributed by atoms with E-state index in [9.17, 15) is 4.79 Å². The van der Waals surface area contributed by atoms with E-state index in [4.69, 9.17) is 17.0 Å². The van der Waals surface area contributed by atoms with Crippen LogP contribution in [0.1, 0.15) is 58.9 Å². The third-order valence-corrected chi connectivity index (χ3v) is 7.42. The van der Waals surface area contributed by atoms with Crippen molar-refractivity contribution in [3.8, 4) is 5.75 Å². The van der Waals surface area contributed by atoms with E-state index in [1.807, 2.05) is 18.3 Å². The van der Waals surface area contributed by atoms with Crippen LogP contribution in [0, 0.1) is 32.2 Å². The number of hydrogen-bond acceptors (Lipinski definition) is 3. The summed E-state index contributed by atoms with van der Waals surface area (Å²) in [4.78, 5) is 13.3. The van der Waals surface area contributed by atoms with Gasteiger partial charge in [-0.05, 0) is 70.7 Å². The minimum absolute atomic E-state index is 0.0477. The Balaban J connectivity index is 1.88. The van der Waals surface area contributed by atoms with Crippen LogP contribution in [0.2, 0.25) is 0 Å². The zero-order chi connectivity index (χ0) is 22.7. The number of carbonyl (C=O) groups excluding carboxylic acids is 1. The summed E-state index contributed by atoms with van der Waals surface area (Å²) < 4.78 is 9.17. The van der Waals surface area contributed by atoms with E-state index < -0.39 is 0 Å². The molecule has 4 nitrogen and oxygen atoms in total.